The number of anilines is 1. The third-order valence-corrected chi connectivity index (χ3v) is 4.60. The van der Waals surface area contributed by atoms with Gasteiger partial charge in [-0.25, -0.2) is 4.79 Å². The number of nitrogens with one attached hydrogen (secondary N) is 1. The number of aromatic nitrogens is 2. The Bertz CT molecular complexity index is 851. The third kappa shape index (κ3) is 5.76. The van der Waals surface area contributed by atoms with Crippen LogP contribution in [0.1, 0.15) is 33.9 Å². The molecule has 1 aromatic rings. The number of halogens is 3. The van der Waals surface area contributed by atoms with E-state index in [1.165, 1.54) is 13.8 Å². The van der Waals surface area contributed by atoms with Crippen molar-refractivity contribution in [2.24, 2.45) is 17.6 Å². The molecule has 1 amide bonds. The van der Waals surface area contributed by atoms with Gasteiger partial charge in [-0.15, -0.1) is 12.4 Å². The summed E-state index contributed by atoms with van der Waals surface area (Å²) in [6.45, 7) is 5.54. The maximum absolute atomic E-state index is 14.9. The fourth-order valence-electron chi connectivity index (χ4n) is 2.69. The summed E-state index contributed by atoms with van der Waals surface area (Å²) in [5.74, 6) is -6.32. The average Bonchev–Trinajstić information content (AvgIpc) is 2.91. The quantitative estimate of drug-likeness (QED) is 0.495. The molecule has 10 nitrogen and oxygen atoms in total. The number of ether oxygens (including phenoxy) is 2. The molecule has 4 unspecified atom stereocenters. The van der Waals surface area contributed by atoms with Gasteiger partial charge >= 0.3 is 17.6 Å². The van der Waals surface area contributed by atoms with Gasteiger partial charge < -0.3 is 25.6 Å². The van der Waals surface area contributed by atoms with Crippen LogP contribution in [0, 0.1) is 11.8 Å². The molecule has 1 aliphatic heterocycles. The summed E-state index contributed by atoms with van der Waals surface area (Å²) in [6.07, 6.45) is -4.83. The van der Waals surface area contributed by atoms with Gasteiger partial charge in [-0.3, -0.25) is 14.2 Å². The predicted octanol–water partition coefficient (Wildman–Crippen LogP) is 0.680. The topological polar surface area (TPSA) is 146 Å². The van der Waals surface area contributed by atoms with Crippen molar-refractivity contribution in [2.45, 2.75) is 58.1 Å². The van der Waals surface area contributed by atoms with Crippen molar-refractivity contribution in [3.05, 3.63) is 22.7 Å². The number of nitrogens with two attached hydrogens (primary N) is 1. The zero-order valence-corrected chi connectivity index (χ0v) is 18.3. The number of nitrogens with zero attached hydrogens (tertiary/aromatic N) is 2. The van der Waals surface area contributed by atoms with Crippen LogP contribution in [-0.4, -0.2) is 57.3 Å². The Morgan fingerprint density at radius 3 is 2.48 bits per heavy atom. The zero-order valence-electron chi connectivity index (χ0n) is 17.5. The second-order valence-corrected chi connectivity index (χ2v) is 7.66. The Morgan fingerprint density at radius 1 is 1.39 bits per heavy atom. The van der Waals surface area contributed by atoms with Gasteiger partial charge in [-0.2, -0.15) is 13.8 Å². The van der Waals surface area contributed by atoms with Crippen molar-refractivity contribution in [3.63, 3.8) is 0 Å². The van der Waals surface area contributed by atoms with Gasteiger partial charge in [0.05, 0.1) is 18.6 Å². The largest absolute Gasteiger partial charge is 0.453 e. The van der Waals surface area contributed by atoms with Crippen LogP contribution in [-0.2, 0) is 19.1 Å². The van der Waals surface area contributed by atoms with E-state index in [9.17, 15) is 28.3 Å². The first-order chi connectivity index (χ1) is 13.9. The molecule has 1 saturated heterocycles. The van der Waals surface area contributed by atoms with E-state index in [-0.39, 0.29) is 24.1 Å². The van der Waals surface area contributed by atoms with Crippen molar-refractivity contribution in [1.82, 2.24) is 9.55 Å². The molecule has 0 radical (unpaired) electrons. The van der Waals surface area contributed by atoms with Gasteiger partial charge in [0, 0.05) is 6.20 Å². The molecule has 1 aliphatic rings. The number of amides is 1. The van der Waals surface area contributed by atoms with E-state index in [2.05, 4.69) is 10.3 Å². The minimum absolute atomic E-state index is 0. The number of aliphatic hydroxyl groups excluding tert-OH is 1. The average molecular weight is 469 g/mol. The van der Waals surface area contributed by atoms with E-state index in [4.69, 9.17) is 15.2 Å². The van der Waals surface area contributed by atoms with Crippen LogP contribution in [0.3, 0.4) is 0 Å². The number of hydrogen-bond acceptors (Lipinski definition) is 8. The molecule has 176 valence electrons. The first-order valence-corrected chi connectivity index (χ1v) is 9.40. The normalized spacial score (nSPS) is 23.4. The van der Waals surface area contributed by atoms with Crippen molar-refractivity contribution in [3.8, 4) is 0 Å². The summed E-state index contributed by atoms with van der Waals surface area (Å²) in [5.41, 5.74) is 4.57. The maximum atomic E-state index is 14.9. The number of aliphatic hydroxyl groups is 1. The molecule has 13 heteroatoms. The first kappa shape index (κ1) is 26.9. The monoisotopic (exact) mass is 468 g/mol. The van der Waals surface area contributed by atoms with Gasteiger partial charge in [0.25, 0.3) is 0 Å². The summed E-state index contributed by atoms with van der Waals surface area (Å²) in [6, 6.07) is 0.283. The lowest BCUT2D eigenvalue weighted by Crippen LogP contribution is -2.45. The van der Waals surface area contributed by atoms with Crippen LogP contribution in [0.15, 0.2) is 17.1 Å². The minimum Gasteiger partial charge on any atom is -0.453 e. The van der Waals surface area contributed by atoms with Gasteiger partial charge in [0.2, 0.25) is 12.1 Å². The second-order valence-electron chi connectivity index (χ2n) is 7.66. The van der Waals surface area contributed by atoms with Crippen molar-refractivity contribution >= 4 is 30.1 Å². The summed E-state index contributed by atoms with van der Waals surface area (Å²) in [5, 5.41) is 11.7. The van der Waals surface area contributed by atoms with Gasteiger partial charge in [0.15, 0.2) is 6.10 Å². The number of alkyl halides is 2. The molecule has 0 spiro atoms. The van der Waals surface area contributed by atoms with E-state index < -0.39 is 60.5 Å². The highest BCUT2D eigenvalue weighted by Crippen LogP contribution is 2.44. The molecule has 2 heterocycles. The fourth-order valence-corrected chi connectivity index (χ4v) is 2.69. The zero-order chi connectivity index (χ0) is 22.8. The third-order valence-electron chi connectivity index (χ3n) is 4.60. The van der Waals surface area contributed by atoms with Crippen LogP contribution < -0.4 is 16.7 Å². The maximum Gasteiger partial charge on any atom is 0.351 e. The number of carbonyl (C=O) groups excluding carboxylic acids is 2. The van der Waals surface area contributed by atoms with Crippen LogP contribution in [0.2, 0.25) is 0 Å². The number of hydrogen-bond donors (Lipinski definition) is 3. The minimum atomic E-state index is -3.83. The molecule has 0 saturated carbocycles. The highest BCUT2D eigenvalue weighted by Gasteiger charge is 2.62. The van der Waals surface area contributed by atoms with Gasteiger partial charge in [0.1, 0.15) is 11.9 Å². The molecule has 1 aromatic heterocycles. The molecule has 4 N–H and O–H groups in total. The molecular weight excluding hydrogens is 442 g/mol. The summed E-state index contributed by atoms with van der Waals surface area (Å²) >= 11 is 0. The molecule has 31 heavy (non-hydrogen) atoms. The van der Waals surface area contributed by atoms with Crippen LogP contribution in [0.25, 0.3) is 0 Å². The van der Waals surface area contributed by atoms with Gasteiger partial charge in [-0.1, -0.05) is 27.7 Å². The molecule has 2 rings (SSSR count). The van der Waals surface area contributed by atoms with E-state index in [0.717, 1.165) is 12.3 Å². The van der Waals surface area contributed by atoms with Crippen LogP contribution in [0.5, 0.6) is 0 Å². The molecule has 0 aliphatic carbocycles. The van der Waals surface area contributed by atoms with E-state index >= 15 is 0 Å². The Kier molecular flexibility index (Phi) is 9.06. The summed E-state index contributed by atoms with van der Waals surface area (Å²) in [7, 11) is 0. The lowest BCUT2D eigenvalue weighted by Gasteiger charge is -2.24. The number of esters is 1. The number of rotatable bonds is 7. The van der Waals surface area contributed by atoms with Crippen LogP contribution >= 0.6 is 12.4 Å². The molecule has 0 aromatic carbocycles. The first-order valence-electron chi connectivity index (χ1n) is 9.40. The van der Waals surface area contributed by atoms with Crippen molar-refractivity contribution in [1.29, 1.82) is 0 Å². The Morgan fingerprint density at radius 2 is 2.00 bits per heavy atom. The Hall–Kier alpha value is -2.15. The molecule has 1 fully saturated rings. The Labute approximate surface area is 183 Å². The van der Waals surface area contributed by atoms with Crippen LogP contribution in [0.4, 0.5) is 14.6 Å². The molecule has 4 atom stereocenters. The summed E-state index contributed by atoms with van der Waals surface area (Å²) in [4.78, 5) is 39.7. The van der Waals surface area contributed by atoms with Crippen molar-refractivity contribution < 1.29 is 33.0 Å². The number of carbonyl (C=O) groups is 2. The van der Waals surface area contributed by atoms with E-state index in [0.29, 0.717) is 4.57 Å². The Balaban J connectivity index is 0.00000480. The lowest BCUT2D eigenvalue weighted by atomic mass is 10.1. The van der Waals surface area contributed by atoms with E-state index in [1.54, 1.807) is 13.8 Å². The van der Waals surface area contributed by atoms with Crippen molar-refractivity contribution in [2.75, 3.05) is 11.9 Å². The SMILES string of the molecule is CC(C)C(=O)OC1C(CO)OC(n2ccc(NC(=O)C(N)C(C)C)nc2=O)C1(F)F.Cl. The highest BCUT2D eigenvalue weighted by atomic mass is 35.5. The smallest absolute Gasteiger partial charge is 0.351 e. The molecule has 0 bridgehead atoms. The van der Waals surface area contributed by atoms with E-state index in [1.807, 2.05) is 0 Å². The molecular formula is C18H27ClF2N4O6. The van der Waals surface area contributed by atoms with Gasteiger partial charge in [-0.05, 0) is 12.0 Å². The second kappa shape index (κ2) is 10.4. The fraction of sp³-hybridized carbons (Fsp3) is 0.667. The summed E-state index contributed by atoms with van der Waals surface area (Å²) < 4.78 is 40.3. The standard InChI is InChI=1S/C18H26F2N4O6.ClH/c1-8(2)12(21)14(26)22-11-5-6-24(17(28)23-11)16-18(19,20)13(10(7-25)29-16)30-15(27)9(3)4;/h5-6,8-10,12-13,16,25H,7,21H2,1-4H3,(H,22,23,26,28);1H. The highest BCUT2D eigenvalue weighted by molar-refractivity contribution is 5.93. The lowest BCUT2D eigenvalue weighted by molar-refractivity contribution is -0.179. The predicted molar refractivity (Wildman–Crippen MR) is 108 cm³/mol.